The number of fused-ring (bicyclic) bond motifs is 1. The Bertz CT molecular complexity index is 1690. The highest BCUT2D eigenvalue weighted by molar-refractivity contribution is 6.31. The second kappa shape index (κ2) is 10.3. The van der Waals surface area contributed by atoms with E-state index in [1.807, 2.05) is 18.2 Å². The molecule has 0 atom stereocenters. The van der Waals surface area contributed by atoms with Crippen LogP contribution in [0, 0.1) is 5.41 Å². The Morgan fingerprint density at radius 2 is 1.71 bits per heavy atom. The van der Waals surface area contributed by atoms with Gasteiger partial charge in [-0.25, -0.2) is 9.55 Å². The number of aromatic nitrogens is 5. The molecule has 2 aromatic carbocycles. The lowest BCUT2D eigenvalue weighted by Gasteiger charge is -2.16. The first-order chi connectivity index (χ1) is 18.4. The number of hydrogen-bond acceptors (Lipinski definition) is 8. The minimum absolute atomic E-state index is 0.0974. The molecule has 0 fully saturated rings. The molecule has 1 N–H and O–H groups in total. The summed E-state index contributed by atoms with van der Waals surface area (Å²) in [6.07, 6.45) is 3.27. The van der Waals surface area contributed by atoms with Crippen LogP contribution in [0.3, 0.4) is 0 Å². The number of carbonyl (C=O) groups excluding carboxylic acids is 1. The van der Waals surface area contributed by atoms with Gasteiger partial charge in [0.05, 0.1) is 33.3 Å². The van der Waals surface area contributed by atoms with Gasteiger partial charge in [0.1, 0.15) is 11.2 Å². The molecule has 0 bridgehead atoms. The molecule has 192 valence electrons. The number of hydrogen-bond donors (Lipinski definition) is 1. The van der Waals surface area contributed by atoms with E-state index in [0.717, 1.165) is 5.56 Å². The molecular formula is C27H23ClN6O4. The van der Waals surface area contributed by atoms with E-state index >= 15 is 0 Å². The molecule has 3 heterocycles. The summed E-state index contributed by atoms with van der Waals surface area (Å²) in [4.78, 5) is 23.0. The van der Waals surface area contributed by atoms with E-state index in [-0.39, 0.29) is 16.9 Å². The normalized spacial score (nSPS) is 10.9. The summed E-state index contributed by atoms with van der Waals surface area (Å²) in [6, 6.07) is 15.8. The monoisotopic (exact) mass is 530 g/mol. The van der Waals surface area contributed by atoms with Gasteiger partial charge >= 0.3 is 0 Å². The van der Waals surface area contributed by atoms with Crippen LogP contribution in [0.4, 0.5) is 0 Å². The molecule has 3 aromatic heterocycles. The zero-order valence-corrected chi connectivity index (χ0v) is 21.6. The Hall–Kier alpha value is -4.70. The van der Waals surface area contributed by atoms with Crippen LogP contribution in [0.25, 0.3) is 22.6 Å². The minimum Gasteiger partial charge on any atom is -0.493 e. The molecule has 0 saturated heterocycles. The molecule has 38 heavy (non-hydrogen) atoms. The first-order valence-corrected chi connectivity index (χ1v) is 11.9. The number of nitrogens with zero attached hydrogens (tertiary/aromatic N) is 5. The molecular weight excluding hydrogens is 508 g/mol. The summed E-state index contributed by atoms with van der Waals surface area (Å²) in [5.41, 5.74) is 1.68. The van der Waals surface area contributed by atoms with Crippen molar-refractivity contribution in [1.82, 2.24) is 24.3 Å². The fraction of sp³-hybridized carbons (Fsp3) is 0.148. The number of ether oxygens (including phenoxy) is 3. The van der Waals surface area contributed by atoms with Crippen molar-refractivity contribution in [1.29, 1.82) is 5.41 Å². The van der Waals surface area contributed by atoms with Gasteiger partial charge in [-0.05, 0) is 35.9 Å². The van der Waals surface area contributed by atoms with Gasteiger partial charge in [-0.3, -0.25) is 19.9 Å². The predicted octanol–water partition coefficient (Wildman–Crippen LogP) is 4.19. The Morgan fingerprint density at radius 3 is 2.34 bits per heavy atom. The number of pyridine rings is 1. The highest BCUT2D eigenvalue weighted by Gasteiger charge is 2.23. The van der Waals surface area contributed by atoms with Crippen molar-refractivity contribution in [2.45, 2.75) is 6.54 Å². The lowest BCUT2D eigenvalue weighted by atomic mass is 10.1. The van der Waals surface area contributed by atoms with Crippen LogP contribution in [-0.2, 0) is 6.54 Å². The van der Waals surface area contributed by atoms with Gasteiger partial charge in [0, 0.05) is 23.0 Å². The van der Waals surface area contributed by atoms with E-state index in [2.05, 4.69) is 15.1 Å². The molecule has 0 amide bonds. The summed E-state index contributed by atoms with van der Waals surface area (Å²) in [5, 5.41) is 14.6. The zero-order valence-electron chi connectivity index (χ0n) is 20.8. The Morgan fingerprint density at radius 1 is 1.00 bits per heavy atom. The number of carbonyl (C=O) groups is 1. The van der Waals surface area contributed by atoms with Crippen molar-refractivity contribution in [3.05, 3.63) is 88.6 Å². The van der Waals surface area contributed by atoms with E-state index in [0.29, 0.717) is 45.5 Å². The molecule has 0 unspecified atom stereocenters. The standard InChI is InChI=1S/C27H23ClN6O4/c1-36-21-12-17(13-22(37-2)23(21)38-3)27(35)34-24(29)18-15-33(14-16-8-4-5-9-19(16)28)32-25(18)31-26(34)20-10-6-7-11-30-20/h4-13,15,29H,14H2,1-3H3. The van der Waals surface area contributed by atoms with E-state index in [1.165, 1.54) is 38.0 Å². The van der Waals surface area contributed by atoms with Crippen LogP contribution in [0.2, 0.25) is 5.02 Å². The van der Waals surface area contributed by atoms with Crippen LogP contribution in [0.15, 0.2) is 67.0 Å². The summed E-state index contributed by atoms with van der Waals surface area (Å²) in [6.45, 7) is 0.370. The molecule has 0 aliphatic rings. The van der Waals surface area contributed by atoms with Gasteiger partial charge in [-0.15, -0.1) is 0 Å². The third-order valence-corrected chi connectivity index (χ3v) is 6.31. The van der Waals surface area contributed by atoms with Crippen molar-refractivity contribution < 1.29 is 19.0 Å². The maximum absolute atomic E-state index is 14.0. The molecule has 0 aliphatic heterocycles. The predicted molar refractivity (Wildman–Crippen MR) is 141 cm³/mol. The number of benzene rings is 2. The van der Waals surface area contributed by atoms with Crippen molar-refractivity contribution in [3.63, 3.8) is 0 Å². The van der Waals surface area contributed by atoms with Crippen LogP contribution in [-0.4, -0.2) is 51.6 Å². The van der Waals surface area contributed by atoms with Gasteiger partial charge in [0.15, 0.2) is 23.0 Å². The molecule has 0 saturated carbocycles. The van der Waals surface area contributed by atoms with Crippen LogP contribution in [0.1, 0.15) is 15.9 Å². The average Bonchev–Trinajstić information content (AvgIpc) is 3.36. The van der Waals surface area contributed by atoms with Gasteiger partial charge in [-0.2, -0.15) is 5.10 Å². The third kappa shape index (κ3) is 4.46. The number of halogens is 1. The fourth-order valence-electron chi connectivity index (χ4n) is 4.12. The number of rotatable bonds is 7. The molecule has 0 radical (unpaired) electrons. The quantitative estimate of drug-likeness (QED) is 0.335. The van der Waals surface area contributed by atoms with E-state index in [1.54, 1.807) is 41.3 Å². The largest absolute Gasteiger partial charge is 0.493 e. The van der Waals surface area contributed by atoms with Crippen LogP contribution >= 0.6 is 11.6 Å². The third-order valence-electron chi connectivity index (χ3n) is 5.94. The van der Waals surface area contributed by atoms with Crippen molar-refractivity contribution in [3.8, 4) is 28.8 Å². The van der Waals surface area contributed by atoms with Crippen LogP contribution in [0.5, 0.6) is 17.2 Å². The SMILES string of the molecule is COc1cc(C(=O)n2c(-c3ccccn3)nc3nn(Cc4ccccc4Cl)cc3c2=N)cc(OC)c1OC. The summed E-state index contributed by atoms with van der Waals surface area (Å²) < 4.78 is 19.1. The Kier molecular flexibility index (Phi) is 6.80. The van der Waals surface area contributed by atoms with Crippen LogP contribution < -0.4 is 19.7 Å². The molecule has 0 aliphatic carbocycles. The van der Waals surface area contributed by atoms with Crippen molar-refractivity contribution in [2.24, 2.45) is 0 Å². The second-order valence-corrected chi connectivity index (χ2v) is 8.62. The maximum atomic E-state index is 14.0. The topological polar surface area (TPSA) is 117 Å². The lowest BCUT2D eigenvalue weighted by Crippen LogP contribution is -2.30. The Labute approximate surface area is 222 Å². The fourth-order valence-corrected chi connectivity index (χ4v) is 4.31. The minimum atomic E-state index is -0.525. The lowest BCUT2D eigenvalue weighted by molar-refractivity contribution is 0.0955. The average molecular weight is 531 g/mol. The molecule has 5 aromatic rings. The number of nitrogens with one attached hydrogen (secondary N) is 1. The van der Waals surface area contributed by atoms with Gasteiger partial charge < -0.3 is 14.2 Å². The van der Waals surface area contributed by atoms with Gasteiger partial charge in [-0.1, -0.05) is 35.9 Å². The van der Waals surface area contributed by atoms with E-state index < -0.39 is 5.91 Å². The van der Waals surface area contributed by atoms with Gasteiger partial charge in [0.2, 0.25) is 5.75 Å². The van der Waals surface area contributed by atoms with Crippen molar-refractivity contribution in [2.75, 3.05) is 21.3 Å². The maximum Gasteiger partial charge on any atom is 0.265 e. The highest BCUT2D eigenvalue weighted by atomic mass is 35.5. The molecule has 5 rings (SSSR count). The highest BCUT2D eigenvalue weighted by Crippen LogP contribution is 2.38. The molecule has 11 heteroatoms. The van der Waals surface area contributed by atoms with E-state index in [9.17, 15) is 4.79 Å². The summed E-state index contributed by atoms with van der Waals surface area (Å²) in [5.74, 6) is 0.613. The molecule has 10 nitrogen and oxygen atoms in total. The first kappa shape index (κ1) is 25.0. The van der Waals surface area contributed by atoms with Gasteiger partial charge in [0.25, 0.3) is 5.91 Å². The summed E-state index contributed by atoms with van der Waals surface area (Å²) in [7, 11) is 4.42. The Balaban J connectivity index is 1.71. The van der Waals surface area contributed by atoms with Crippen molar-refractivity contribution >= 4 is 28.5 Å². The van der Waals surface area contributed by atoms with E-state index in [4.69, 9.17) is 31.2 Å². The smallest absolute Gasteiger partial charge is 0.265 e. The first-order valence-electron chi connectivity index (χ1n) is 11.5. The second-order valence-electron chi connectivity index (χ2n) is 8.21. The summed E-state index contributed by atoms with van der Waals surface area (Å²) >= 11 is 6.33. The zero-order chi connectivity index (χ0) is 26.8. The molecule has 0 spiro atoms. The number of methoxy groups -OCH3 is 3.